The summed E-state index contributed by atoms with van der Waals surface area (Å²) in [5.74, 6) is -0.191. The van der Waals surface area contributed by atoms with Crippen LogP contribution in [0.2, 0.25) is 0 Å². The van der Waals surface area contributed by atoms with Gasteiger partial charge in [-0.05, 0) is 86.5 Å². The fourth-order valence-electron chi connectivity index (χ4n) is 5.35. The van der Waals surface area contributed by atoms with E-state index in [1.807, 2.05) is 61.5 Å². The predicted octanol–water partition coefficient (Wildman–Crippen LogP) is 11.2. The maximum Gasteiger partial charge on any atom is 0.317 e. The van der Waals surface area contributed by atoms with Crippen LogP contribution in [0.4, 0.5) is 0 Å². The molecule has 0 atom stereocenters. The van der Waals surface area contributed by atoms with Gasteiger partial charge in [0.15, 0.2) is 0 Å². The lowest BCUT2D eigenvalue weighted by Crippen LogP contribution is -2.13. The molecule has 0 fully saturated rings. The van der Waals surface area contributed by atoms with E-state index in [4.69, 9.17) is 4.18 Å². The van der Waals surface area contributed by atoms with E-state index in [-0.39, 0.29) is 5.97 Å². The summed E-state index contributed by atoms with van der Waals surface area (Å²) in [6.07, 6.45) is 1.09. The largest absolute Gasteiger partial charge is 0.402 e. The van der Waals surface area contributed by atoms with Gasteiger partial charge in [-0.2, -0.15) is 0 Å². The van der Waals surface area contributed by atoms with Crippen molar-refractivity contribution in [1.82, 2.24) is 0 Å². The van der Waals surface area contributed by atoms with Crippen molar-refractivity contribution < 1.29 is 8.98 Å². The van der Waals surface area contributed by atoms with E-state index in [9.17, 15) is 4.79 Å². The summed E-state index contributed by atoms with van der Waals surface area (Å²) in [5.41, 5.74) is 6.82. The highest BCUT2D eigenvalue weighted by Crippen LogP contribution is 2.69. The van der Waals surface area contributed by atoms with Crippen LogP contribution in [-0.4, -0.2) is 5.97 Å². The molecule has 0 heterocycles. The molecular weight excluding hydrogens is 545 g/mol. The summed E-state index contributed by atoms with van der Waals surface area (Å²) >= 11 is 0. The summed E-state index contributed by atoms with van der Waals surface area (Å²) in [5, 5.41) is 0. The number of benzene rings is 6. The number of rotatable bonds is 9. The number of carbonyl (C=O) groups is 1. The molecule has 6 aromatic rings. The van der Waals surface area contributed by atoms with Gasteiger partial charge >= 0.3 is 5.97 Å². The van der Waals surface area contributed by atoms with Crippen LogP contribution in [0.25, 0.3) is 33.4 Å². The van der Waals surface area contributed by atoms with Crippen molar-refractivity contribution in [2.24, 2.45) is 0 Å². The molecule has 0 spiro atoms. The summed E-state index contributed by atoms with van der Waals surface area (Å²) in [7, 11) is -2.40. The van der Waals surface area contributed by atoms with Crippen LogP contribution in [0.5, 0.6) is 0 Å². The molecule has 0 radical (unpaired) electrons. The second kappa shape index (κ2) is 13.0. The fourth-order valence-corrected chi connectivity index (χ4v) is 8.37. The van der Waals surface area contributed by atoms with Crippen molar-refractivity contribution >= 4 is 16.3 Å². The molecule has 212 valence electrons. The SMILES string of the molecule is CCCC(=O)OS(c1ccc(-c2ccccc2)cc1)(c1ccc(-c2ccccc2)cc1)c1ccc(-c2ccccc2)cc1. The Morgan fingerprint density at radius 2 is 0.721 bits per heavy atom. The molecule has 6 aromatic carbocycles. The van der Waals surface area contributed by atoms with Gasteiger partial charge < -0.3 is 4.18 Å². The molecule has 6 rings (SSSR count). The van der Waals surface area contributed by atoms with Crippen molar-refractivity contribution in [2.45, 2.75) is 34.5 Å². The lowest BCUT2D eigenvalue weighted by Gasteiger charge is -2.40. The average Bonchev–Trinajstić information content (AvgIpc) is 3.09. The normalized spacial score (nSPS) is 11.6. The summed E-state index contributed by atoms with van der Waals surface area (Å²) in [4.78, 5) is 16.4. The highest BCUT2D eigenvalue weighted by atomic mass is 32.3. The Morgan fingerprint density at radius 1 is 0.442 bits per heavy atom. The lowest BCUT2D eigenvalue weighted by atomic mass is 10.1. The van der Waals surface area contributed by atoms with Gasteiger partial charge in [-0.15, -0.1) is 0 Å². The minimum Gasteiger partial charge on any atom is -0.402 e. The Kier molecular flexibility index (Phi) is 8.53. The first-order chi connectivity index (χ1) is 21.2. The summed E-state index contributed by atoms with van der Waals surface area (Å²) < 4.78 is 6.72. The monoisotopic (exact) mass is 578 g/mol. The van der Waals surface area contributed by atoms with Crippen LogP contribution >= 0.6 is 10.3 Å². The highest BCUT2D eigenvalue weighted by Gasteiger charge is 2.35. The third kappa shape index (κ3) is 6.04. The molecule has 0 saturated carbocycles. The standard InChI is InChI=1S/C40H34O2S/c1-2-12-40(41)42-43(37-25-19-34(20-26-37)31-13-6-3-7-14-31,38-27-21-35(22-28-38)32-15-8-4-9-16-32)39-29-23-36(24-30-39)33-17-10-5-11-18-33/h3-11,13-30H,2,12H2,1H3. The first-order valence-electron chi connectivity index (χ1n) is 14.7. The predicted molar refractivity (Wildman–Crippen MR) is 179 cm³/mol. The Labute approximate surface area is 256 Å². The Morgan fingerprint density at radius 3 is 1.00 bits per heavy atom. The second-order valence-corrected chi connectivity index (χ2v) is 13.1. The maximum absolute atomic E-state index is 13.4. The first-order valence-corrected chi connectivity index (χ1v) is 16.3. The third-order valence-corrected chi connectivity index (χ3v) is 10.8. The average molecular weight is 579 g/mol. The maximum atomic E-state index is 13.4. The van der Waals surface area contributed by atoms with E-state index in [1.165, 1.54) is 0 Å². The summed E-state index contributed by atoms with van der Waals surface area (Å²) in [6.45, 7) is 2.01. The topological polar surface area (TPSA) is 26.3 Å². The third-order valence-electron chi connectivity index (χ3n) is 7.55. The molecular formula is C40H34O2S. The molecule has 0 aromatic heterocycles. The zero-order valence-electron chi connectivity index (χ0n) is 24.2. The van der Waals surface area contributed by atoms with Gasteiger partial charge in [0.05, 0.1) is 0 Å². The molecule has 0 aliphatic carbocycles. The Balaban J connectivity index is 1.52. The molecule has 0 amide bonds. The quantitative estimate of drug-likeness (QED) is 0.171. The van der Waals surface area contributed by atoms with E-state index >= 15 is 0 Å². The van der Waals surface area contributed by atoms with Gasteiger partial charge in [0.25, 0.3) is 0 Å². The van der Waals surface area contributed by atoms with Crippen molar-refractivity contribution in [2.75, 3.05) is 0 Å². The van der Waals surface area contributed by atoms with Gasteiger partial charge in [0, 0.05) is 21.1 Å². The molecule has 0 saturated heterocycles. The smallest absolute Gasteiger partial charge is 0.317 e. The first kappa shape index (κ1) is 28.3. The van der Waals surface area contributed by atoms with Gasteiger partial charge in [-0.25, -0.2) is 0 Å². The van der Waals surface area contributed by atoms with Crippen molar-refractivity contribution in [1.29, 1.82) is 0 Å². The molecule has 0 unspecified atom stereocenters. The van der Waals surface area contributed by atoms with Crippen molar-refractivity contribution in [3.05, 3.63) is 164 Å². The Hall–Kier alpha value is -4.86. The molecule has 0 N–H and O–H groups in total. The Bertz CT molecular complexity index is 1560. The zero-order valence-corrected chi connectivity index (χ0v) is 25.0. The van der Waals surface area contributed by atoms with Gasteiger partial charge in [0.2, 0.25) is 0 Å². The summed E-state index contributed by atoms with van der Waals surface area (Å²) in [6, 6.07) is 56.7. The van der Waals surface area contributed by atoms with E-state index < -0.39 is 10.3 Å². The van der Waals surface area contributed by atoms with E-state index in [0.717, 1.165) is 54.5 Å². The zero-order chi connectivity index (χ0) is 29.5. The number of carbonyl (C=O) groups excluding carboxylic acids is 1. The molecule has 0 aliphatic heterocycles. The molecule has 43 heavy (non-hydrogen) atoms. The molecule has 3 heteroatoms. The van der Waals surface area contributed by atoms with Crippen LogP contribution < -0.4 is 0 Å². The van der Waals surface area contributed by atoms with Gasteiger partial charge in [-0.3, -0.25) is 4.79 Å². The second-order valence-electron chi connectivity index (χ2n) is 10.4. The van der Waals surface area contributed by atoms with Crippen LogP contribution in [0.15, 0.2) is 178 Å². The minimum atomic E-state index is -2.40. The highest BCUT2D eigenvalue weighted by molar-refractivity contribution is 8.30. The van der Waals surface area contributed by atoms with Crippen LogP contribution in [0.1, 0.15) is 19.8 Å². The molecule has 0 bridgehead atoms. The fraction of sp³-hybridized carbons (Fsp3) is 0.0750. The number of hydrogen-bond donors (Lipinski definition) is 0. The minimum absolute atomic E-state index is 0.191. The van der Waals surface area contributed by atoms with Crippen LogP contribution in [0.3, 0.4) is 0 Å². The lowest BCUT2D eigenvalue weighted by molar-refractivity contribution is -0.133. The van der Waals surface area contributed by atoms with Crippen molar-refractivity contribution in [3.63, 3.8) is 0 Å². The molecule has 0 aliphatic rings. The van der Waals surface area contributed by atoms with E-state index in [1.54, 1.807) is 0 Å². The number of hydrogen-bond acceptors (Lipinski definition) is 2. The van der Waals surface area contributed by atoms with E-state index in [0.29, 0.717) is 6.42 Å². The van der Waals surface area contributed by atoms with Gasteiger partial charge in [-0.1, -0.05) is 134 Å². The van der Waals surface area contributed by atoms with Crippen molar-refractivity contribution in [3.8, 4) is 33.4 Å². The van der Waals surface area contributed by atoms with Crippen LogP contribution in [0, 0.1) is 0 Å². The van der Waals surface area contributed by atoms with Gasteiger partial charge in [0.1, 0.15) is 0 Å². The van der Waals surface area contributed by atoms with E-state index in [2.05, 4.69) is 109 Å². The van der Waals surface area contributed by atoms with Crippen LogP contribution in [-0.2, 0) is 8.98 Å². The molecule has 2 nitrogen and oxygen atoms in total.